The van der Waals surface area contributed by atoms with Crippen LogP contribution in [0, 0.1) is 0 Å². The van der Waals surface area contributed by atoms with Gasteiger partial charge >= 0.3 is 0 Å². The molecule has 6 heteroatoms. The second kappa shape index (κ2) is 6.32. The second-order valence-electron chi connectivity index (χ2n) is 5.24. The van der Waals surface area contributed by atoms with Crippen LogP contribution in [-0.2, 0) is 10.2 Å². The summed E-state index contributed by atoms with van der Waals surface area (Å²) < 4.78 is 28.4. The Hall–Kier alpha value is -0.170. The highest BCUT2D eigenvalue weighted by atomic mass is 32.2. The molecule has 1 aliphatic carbocycles. The Balaban J connectivity index is 2.09. The summed E-state index contributed by atoms with van der Waals surface area (Å²) in [6, 6.07) is 0.116. The van der Waals surface area contributed by atoms with Crippen LogP contribution in [0.2, 0.25) is 0 Å². The maximum absolute atomic E-state index is 12.6. The summed E-state index contributed by atoms with van der Waals surface area (Å²) in [5, 5.41) is 9.10. The first-order valence-electron chi connectivity index (χ1n) is 7.04. The lowest BCUT2D eigenvalue weighted by molar-refractivity contribution is 0.168. The van der Waals surface area contributed by atoms with Gasteiger partial charge < -0.3 is 5.11 Å². The first-order valence-corrected chi connectivity index (χ1v) is 8.44. The Labute approximate surface area is 110 Å². The Kier molecular flexibility index (Phi) is 5.00. The summed E-state index contributed by atoms with van der Waals surface area (Å²) >= 11 is 0. The lowest BCUT2D eigenvalue weighted by Gasteiger charge is -2.38. The minimum Gasteiger partial charge on any atom is -0.395 e. The van der Waals surface area contributed by atoms with Gasteiger partial charge in [0, 0.05) is 25.7 Å². The Bertz CT molecular complexity index is 346. The van der Waals surface area contributed by atoms with Crippen LogP contribution in [0.15, 0.2) is 0 Å². The van der Waals surface area contributed by atoms with E-state index in [1.165, 1.54) is 4.31 Å². The van der Waals surface area contributed by atoms with Gasteiger partial charge in [-0.2, -0.15) is 17.0 Å². The number of aliphatic hydroxyl groups is 1. The predicted octanol–water partition coefficient (Wildman–Crippen LogP) is 0.954. The molecular formula is C12H24N2O3S. The summed E-state index contributed by atoms with van der Waals surface area (Å²) in [7, 11) is -3.36. The van der Waals surface area contributed by atoms with Crippen molar-refractivity contribution in [2.24, 2.45) is 0 Å². The van der Waals surface area contributed by atoms with E-state index in [9.17, 15) is 8.42 Å². The molecule has 0 aromatic heterocycles. The molecule has 106 valence electrons. The van der Waals surface area contributed by atoms with E-state index in [0.29, 0.717) is 13.1 Å². The Morgan fingerprint density at radius 1 is 1.06 bits per heavy atom. The number of hydrogen-bond donors (Lipinski definition) is 1. The molecule has 0 radical (unpaired) electrons. The van der Waals surface area contributed by atoms with Gasteiger partial charge in [-0.1, -0.05) is 19.3 Å². The van der Waals surface area contributed by atoms with Gasteiger partial charge in [-0.25, -0.2) is 0 Å². The van der Waals surface area contributed by atoms with Crippen molar-refractivity contribution in [2.45, 2.75) is 51.0 Å². The molecule has 18 heavy (non-hydrogen) atoms. The van der Waals surface area contributed by atoms with Gasteiger partial charge in [-0.05, 0) is 25.7 Å². The second-order valence-corrected chi connectivity index (χ2v) is 7.12. The van der Waals surface area contributed by atoms with Crippen LogP contribution in [0.4, 0.5) is 0 Å². The normalized spacial score (nSPS) is 23.9. The number of nitrogens with zero attached hydrogens (tertiary/aromatic N) is 2. The largest absolute Gasteiger partial charge is 0.395 e. The van der Waals surface area contributed by atoms with Crippen LogP contribution in [0.25, 0.3) is 0 Å². The molecular weight excluding hydrogens is 252 g/mol. The quantitative estimate of drug-likeness (QED) is 0.813. The fourth-order valence-corrected chi connectivity index (χ4v) is 4.60. The molecule has 0 aromatic carbocycles. The average Bonchev–Trinajstić information content (AvgIpc) is 2.54. The number of hydrogen-bond acceptors (Lipinski definition) is 3. The third-order valence-electron chi connectivity index (χ3n) is 3.99. The fraction of sp³-hybridized carbons (Fsp3) is 1.00. The van der Waals surface area contributed by atoms with Gasteiger partial charge in [0.05, 0.1) is 6.61 Å². The predicted molar refractivity (Wildman–Crippen MR) is 70.4 cm³/mol. The van der Waals surface area contributed by atoms with E-state index in [1.54, 1.807) is 4.31 Å². The molecule has 0 bridgehead atoms. The molecule has 5 nitrogen and oxygen atoms in total. The molecule has 0 atom stereocenters. The summed E-state index contributed by atoms with van der Waals surface area (Å²) in [5.74, 6) is 0. The standard InChI is InChI=1S/C12H24N2O3S/c15-11-10-14(12-6-5-7-12)18(16,17)13-8-3-1-2-4-9-13/h12,15H,1-11H2. The molecule has 0 unspecified atom stereocenters. The van der Waals surface area contributed by atoms with Gasteiger partial charge in [0.25, 0.3) is 10.2 Å². The van der Waals surface area contributed by atoms with Crippen LogP contribution in [0.1, 0.15) is 44.9 Å². The first-order chi connectivity index (χ1) is 8.66. The molecule has 1 saturated heterocycles. The van der Waals surface area contributed by atoms with Crippen molar-refractivity contribution in [3.63, 3.8) is 0 Å². The van der Waals surface area contributed by atoms with Gasteiger partial charge in [-0.3, -0.25) is 0 Å². The van der Waals surface area contributed by atoms with Crippen molar-refractivity contribution in [2.75, 3.05) is 26.2 Å². The van der Waals surface area contributed by atoms with Crippen molar-refractivity contribution in [1.29, 1.82) is 0 Å². The molecule has 0 spiro atoms. The zero-order valence-corrected chi connectivity index (χ0v) is 11.7. The fourth-order valence-electron chi connectivity index (χ4n) is 2.68. The highest BCUT2D eigenvalue weighted by Gasteiger charge is 2.37. The van der Waals surface area contributed by atoms with Gasteiger partial charge in [-0.15, -0.1) is 0 Å². The van der Waals surface area contributed by atoms with Crippen LogP contribution in [-0.4, -0.2) is 54.4 Å². The zero-order chi connectivity index (χ0) is 13.0. The molecule has 2 aliphatic rings. The molecule has 1 heterocycles. The van der Waals surface area contributed by atoms with Crippen LogP contribution < -0.4 is 0 Å². The SMILES string of the molecule is O=S(=O)(N1CCCCCC1)N(CCO)C1CCC1. The number of rotatable bonds is 5. The van der Waals surface area contributed by atoms with Crippen LogP contribution >= 0.6 is 0 Å². The molecule has 2 fully saturated rings. The topological polar surface area (TPSA) is 60.9 Å². The summed E-state index contributed by atoms with van der Waals surface area (Å²) in [4.78, 5) is 0. The summed E-state index contributed by atoms with van der Waals surface area (Å²) in [6.07, 6.45) is 7.13. The van der Waals surface area contributed by atoms with Crippen molar-refractivity contribution in [1.82, 2.24) is 8.61 Å². The third-order valence-corrected chi connectivity index (χ3v) is 6.08. The number of aliphatic hydroxyl groups excluding tert-OH is 1. The van der Waals surface area contributed by atoms with E-state index in [-0.39, 0.29) is 19.2 Å². The van der Waals surface area contributed by atoms with Crippen molar-refractivity contribution < 1.29 is 13.5 Å². The van der Waals surface area contributed by atoms with E-state index in [2.05, 4.69) is 0 Å². The lowest BCUT2D eigenvalue weighted by atomic mass is 9.93. The van der Waals surface area contributed by atoms with E-state index in [4.69, 9.17) is 5.11 Å². The first kappa shape index (κ1) is 14.2. The van der Waals surface area contributed by atoms with E-state index in [1.807, 2.05) is 0 Å². The van der Waals surface area contributed by atoms with Crippen molar-refractivity contribution in [3.8, 4) is 0 Å². The minimum absolute atomic E-state index is 0.0937. The van der Waals surface area contributed by atoms with Crippen LogP contribution in [0.5, 0.6) is 0 Å². The van der Waals surface area contributed by atoms with Crippen molar-refractivity contribution in [3.05, 3.63) is 0 Å². The van der Waals surface area contributed by atoms with E-state index < -0.39 is 10.2 Å². The molecule has 0 amide bonds. The highest BCUT2D eigenvalue weighted by molar-refractivity contribution is 7.86. The summed E-state index contributed by atoms with van der Waals surface area (Å²) in [6.45, 7) is 1.42. The molecule has 1 aliphatic heterocycles. The minimum atomic E-state index is -3.36. The van der Waals surface area contributed by atoms with Crippen LogP contribution in [0.3, 0.4) is 0 Å². The molecule has 2 rings (SSSR count). The lowest BCUT2D eigenvalue weighted by Crippen LogP contribution is -2.52. The van der Waals surface area contributed by atoms with Crippen molar-refractivity contribution >= 4 is 10.2 Å². The molecule has 1 saturated carbocycles. The van der Waals surface area contributed by atoms with Gasteiger partial charge in [0.2, 0.25) is 0 Å². The molecule has 0 aromatic rings. The Morgan fingerprint density at radius 2 is 1.67 bits per heavy atom. The highest BCUT2D eigenvalue weighted by Crippen LogP contribution is 2.28. The van der Waals surface area contributed by atoms with Gasteiger partial charge in [0.15, 0.2) is 0 Å². The third kappa shape index (κ3) is 3.04. The maximum Gasteiger partial charge on any atom is 0.282 e. The smallest absolute Gasteiger partial charge is 0.282 e. The van der Waals surface area contributed by atoms with E-state index in [0.717, 1.165) is 44.9 Å². The average molecular weight is 276 g/mol. The Morgan fingerprint density at radius 3 is 2.11 bits per heavy atom. The molecule has 1 N–H and O–H groups in total. The zero-order valence-electron chi connectivity index (χ0n) is 10.9. The van der Waals surface area contributed by atoms with Gasteiger partial charge in [0.1, 0.15) is 0 Å². The maximum atomic E-state index is 12.6. The monoisotopic (exact) mass is 276 g/mol. The summed E-state index contributed by atoms with van der Waals surface area (Å²) in [5.41, 5.74) is 0. The van der Waals surface area contributed by atoms with E-state index >= 15 is 0 Å².